The molecule has 0 saturated carbocycles. The number of aliphatic imine (C=N–C) groups is 1. The van der Waals surface area contributed by atoms with Crippen molar-refractivity contribution in [3.8, 4) is 5.75 Å². The van der Waals surface area contributed by atoms with Crippen molar-refractivity contribution in [2.45, 2.75) is 20.0 Å². The summed E-state index contributed by atoms with van der Waals surface area (Å²) in [5.41, 5.74) is 2.32. The molecule has 2 aromatic rings. The highest BCUT2D eigenvalue weighted by molar-refractivity contribution is 14.0. The first-order chi connectivity index (χ1) is 14.6. The third-order valence-electron chi connectivity index (χ3n) is 4.97. The molecule has 1 aliphatic heterocycles. The molecule has 0 bridgehead atoms. The number of piperazine rings is 1. The van der Waals surface area contributed by atoms with Crippen molar-refractivity contribution < 1.29 is 18.8 Å². The molecule has 1 aliphatic rings. The maximum Gasteiger partial charge on any atom is 0.341 e. The van der Waals surface area contributed by atoms with Crippen LogP contribution in [0.1, 0.15) is 28.5 Å². The Labute approximate surface area is 199 Å². The van der Waals surface area contributed by atoms with E-state index in [9.17, 15) is 4.79 Å². The van der Waals surface area contributed by atoms with Crippen LogP contribution >= 0.6 is 24.0 Å². The van der Waals surface area contributed by atoms with Crippen LogP contribution in [-0.4, -0.2) is 73.8 Å². The van der Waals surface area contributed by atoms with Gasteiger partial charge in [-0.2, -0.15) is 0 Å². The largest absolute Gasteiger partial charge is 0.496 e. The average molecular weight is 543 g/mol. The smallest absolute Gasteiger partial charge is 0.341 e. The number of nitrogens with zero attached hydrogens (tertiary/aromatic N) is 4. The van der Waals surface area contributed by atoms with Crippen LogP contribution < -0.4 is 10.1 Å². The molecule has 1 fully saturated rings. The van der Waals surface area contributed by atoms with E-state index in [1.54, 1.807) is 12.3 Å². The van der Waals surface area contributed by atoms with Crippen LogP contribution in [0.3, 0.4) is 0 Å². The molecule has 1 aromatic carbocycles. The van der Waals surface area contributed by atoms with E-state index >= 15 is 0 Å². The van der Waals surface area contributed by atoms with Crippen LogP contribution in [0, 0.1) is 0 Å². The molecule has 0 spiro atoms. The Kier molecular flexibility index (Phi) is 10.0. The van der Waals surface area contributed by atoms with Gasteiger partial charge in [-0.3, -0.25) is 4.90 Å². The fraction of sp³-hybridized carbons (Fsp3) is 0.476. The van der Waals surface area contributed by atoms with Gasteiger partial charge in [0.05, 0.1) is 26.5 Å². The number of hydrogen-bond donors (Lipinski definition) is 1. The number of guanidine groups is 1. The fourth-order valence-corrected chi connectivity index (χ4v) is 3.37. The van der Waals surface area contributed by atoms with E-state index in [1.807, 2.05) is 18.2 Å². The summed E-state index contributed by atoms with van der Waals surface area (Å²) < 4.78 is 15.0. The van der Waals surface area contributed by atoms with Crippen LogP contribution in [0.4, 0.5) is 0 Å². The quantitative estimate of drug-likeness (QED) is 0.247. The molecule has 2 heterocycles. The highest BCUT2D eigenvalue weighted by atomic mass is 127. The third kappa shape index (κ3) is 6.82. The number of ether oxygens (including phenoxy) is 2. The molecule has 170 valence electrons. The van der Waals surface area contributed by atoms with E-state index in [0.717, 1.165) is 56.5 Å². The Morgan fingerprint density at radius 2 is 2.00 bits per heavy atom. The van der Waals surface area contributed by atoms with Crippen molar-refractivity contribution in [1.29, 1.82) is 0 Å². The lowest BCUT2D eigenvalue weighted by molar-refractivity contribution is 0.0597. The first-order valence-corrected chi connectivity index (χ1v) is 10.0. The summed E-state index contributed by atoms with van der Waals surface area (Å²) in [7, 11) is 2.89. The average Bonchev–Trinajstić information content (AvgIpc) is 3.29. The van der Waals surface area contributed by atoms with Crippen molar-refractivity contribution in [2.24, 2.45) is 4.99 Å². The molecule has 9 nitrogen and oxygen atoms in total. The molecule has 31 heavy (non-hydrogen) atoms. The number of esters is 1. The first-order valence-electron chi connectivity index (χ1n) is 10.0. The molecule has 3 rings (SSSR count). The molecule has 1 saturated heterocycles. The van der Waals surface area contributed by atoms with Crippen LogP contribution in [0.5, 0.6) is 5.75 Å². The van der Waals surface area contributed by atoms with Gasteiger partial charge in [-0.25, -0.2) is 9.79 Å². The maximum absolute atomic E-state index is 11.8. The number of nitrogens with one attached hydrogen (secondary N) is 1. The summed E-state index contributed by atoms with van der Waals surface area (Å²) in [6, 6.07) is 7.32. The third-order valence-corrected chi connectivity index (χ3v) is 4.97. The standard InChI is InChI=1S/C21H29N5O4.HI/c1-4-22-21(26-10-8-25(9-11-26)15-17-7-12-30-24-17)23-14-16-5-6-18(20(27)29-3)19(13-16)28-2;/h5-7,12-13H,4,8-11,14-15H2,1-3H3,(H,22,23);1H. The number of halogens is 1. The van der Waals surface area contributed by atoms with Crippen molar-refractivity contribution in [3.05, 3.63) is 47.3 Å². The lowest BCUT2D eigenvalue weighted by Crippen LogP contribution is -2.52. The van der Waals surface area contributed by atoms with Crippen LogP contribution in [0.15, 0.2) is 40.0 Å². The molecule has 1 N–H and O–H groups in total. The van der Waals surface area contributed by atoms with Gasteiger partial charge in [0.25, 0.3) is 0 Å². The normalized spacial score (nSPS) is 14.7. The summed E-state index contributed by atoms with van der Waals surface area (Å²) in [6.07, 6.45) is 1.61. The Bertz CT molecular complexity index is 851. The molecule has 0 aliphatic carbocycles. The summed E-state index contributed by atoms with van der Waals surface area (Å²) in [6.45, 7) is 7.76. The zero-order chi connectivity index (χ0) is 21.3. The summed E-state index contributed by atoms with van der Waals surface area (Å²) in [5, 5.41) is 7.36. The zero-order valence-corrected chi connectivity index (χ0v) is 20.5. The molecule has 0 atom stereocenters. The molecule has 1 aromatic heterocycles. The number of aromatic nitrogens is 1. The van der Waals surface area contributed by atoms with Crippen LogP contribution in [0.25, 0.3) is 0 Å². The number of hydrogen-bond acceptors (Lipinski definition) is 7. The zero-order valence-electron chi connectivity index (χ0n) is 18.2. The minimum absolute atomic E-state index is 0. The van der Waals surface area contributed by atoms with E-state index in [1.165, 1.54) is 14.2 Å². The molecule has 0 radical (unpaired) electrons. The topological polar surface area (TPSA) is 92.4 Å². The number of rotatable bonds is 7. The van der Waals surface area contributed by atoms with E-state index in [2.05, 4.69) is 27.2 Å². The lowest BCUT2D eigenvalue weighted by Gasteiger charge is -2.36. The molecule has 10 heteroatoms. The van der Waals surface area contributed by atoms with Gasteiger partial charge in [0, 0.05) is 45.3 Å². The number of methoxy groups -OCH3 is 2. The molecular weight excluding hydrogens is 513 g/mol. The minimum atomic E-state index is -0.418. The van der Waals surface area contributed by atoms with Gasteiger partial charge in [0.1, 0.15) is 17.6 Å². The van der Waals surface area contributed by atoms with Gasteiger partial charge in [0.15, 0.2) is 5.96 Å². The van der Waals surface area contributed by atoms with Gasteiger partial charge in [-0.05, 0) is 24.6 Å². The lowest BCUT2D eigenvalue weighted by atomic mass is 10.1. The van der Waals surface area contributed by atoms with Crippen molar-refractivity contribution in [2.75, 3.05) is 46.9 Å². The second-order valence-corrected chi connectivity index (χ2v) is 6.95. The van der Waals surface area contributed by atoms with Crippen molar-refractivity contribution >= 4 is 35.9 Å². The van der Waals surface area contributed by atoms with Gasteiger partial charge in [-0.15, -0.1) is 24.0 Å². The highest BCUT2D eigenvalue weighted by Gasteiger charge is 2.20. The minimum Gasteiger partial charge on any atom is -0.496 e. The van der Waals surface area contributed by atoms with Crippen molar-refractivity contribution in [3.63, 3.8) is 0 Å². The Hall–Kier alpha value is -2.34. The number of carbonyl (C=O) groups excluding carboxylic acids is 1. The predicted octanol–water partition coefficient (Wildman–Crippen LogP) is 2.37. The van der Waals surface area contributed by atoms with Gasteiger partial charge < -0.3 is 24.2 Å². The van der Waals surface area contributed by atoms with Gasteiger partial charge in [-0.1, -0.05) is 11.2 Å². The highest BCUT2D eigenvalue weighted by Crippen LogP contribution is 2.21. The summed E-state index contributed by atoms with van der Waals surface area (Å²) in [4.78, 5) is 21.2. The molecular formula is C21H30IN5O4. The SMILES string of the molecule is CCNC(=NCc1ccc(C(=O)OC)c(OC)c1)N1CCN(Cc2ccon2)CC1.I. The second-order valence-electron chi connectivity index (χ2n) is 6.95. The summed E-state index contributed by atoms with van der Waals surface area (Å²) >= 11 is 0. The van der Waals surface area contributed by atoms with E-state index in [0.29, 0.717) is 17.9 Å². The Balaban J connectivity index is 0.00000341. The maximum atomic E-state index is 11.8. The first kappa shape index (κ1) is 24.9. The molecule has 0 amide bonds. The Morgan fingerprint density at radius 3 is 2.61 bits per heavy atom. The van der Waals surface area contributed by atoms with Crippen LogP contribution in [-0.2, 0) is 17.8 Å². The number of benzene rings is 1. The fourth-order valence-electron chi connectivity index (χ4n) is 3.37. The monoisotopic (exact) mass is 543 g/mol. The number of carbonyl (C=O) groups is 1. The van der Waals surface area contributed by atoms with Gasteiger partial charge in [0.2, 0.25) is 0 Å². The summed E-state index contributed by atoms with van der Waals surface area (Å²) in [5.74, 6) is 0.953. The van der Waals surface area contributed by atoms with E-state index < -0.39 is 5.97 Å². The van der Waals surface area contributed by atoms with Crippen LogP contribution in [0.2, 0.25) is 0 Å². The predicted molar refractivity (Wildman–Crippen MR) is 128 cm³/mol. The van der Waals surface area contributed by atoms with E-state index in [-0.39, 0.29) is 24.0 Å². The van der Waals surface area contributed by atoms with E-state index in [4.69, 9.17) is 19.0 Å². The second kappa shape index (κ2) is 12.5. The Morgan fingerprint density at radius 1 is 1.23 bits per heavy atom. The van der Waals surface area contributed by atoms with Crippen molar-refractivity contribution in [1.82, 2.24) is 20.3 Å². The van der Waals surface area contributed by atoms with Gasteiger partial charge >= 0.3 is 5.97 Å². The molecule has 0 unspecified atom stereocenters.